The number of nitrogens with zero attached hydrogens (tertiary/aromatic N) is 1. The summed E-state index contributed by atoms with van der Waals surface area (Å²) in [6, 6.07) is 11.7. The molecule has 3 nitrogen and oxygen atoms in total. The Morgan fingerprint density at radius 2 is 1.81 bits per heavy atom. The third-order valence-corrected chi connectivity index (χ3v) is 4.78. The smallest absolute Gasteiger partial charge is 0.348 e. The fraction of sp³-hybridized carbons (Fsp3) is 0.381. The highest BCUT2D eigenvalue weighted by molar-refractivity contribution is 5.95. The van der Waals surface area contributed by atoms with Crippen molar-refractivity contribution >= 4 is 5.91 Å². The number of carbonyl (C=O) groups is 1. The fourth-order valence-electron chi connectivity index (χ4n) is 3.52. The molecule has 0 saturated carbocycles. The molecule has 2 aromatic carbocycles. The summed E-state index contributed by atoms with van der Waals surface area (Å²) in [6.07, 6.45) is -2.08. The van der Waals surface area contributed by atoms with E-state index in [-0.39, 0.29) is 17.5 Å². The predicted molar refractivity (Wildman–Crippen MR) is 99.5 cm³/mol. The van der Waals surface area contributed by atoms with Crippen molar-refractivity contribution in [3.63, 3.8) is 0 Å². The number of halogens is 3. The van der Waals surface area contributed by atoms with Crippen molar-refractivity contribution in [2.75, 3.05) is 19.6 Å². The molecule has 0 aliphatic carbocycles. The van der Waals surface area contributed by atoms with Crippen molar-refractivity contribution < 1.29 is 18.0 Å². The molecule has 0 unspecified atom stereocenters. The SMILES string of the molecule is C[C@H](CN1CCCC1)NC(=O)c1cccc(-c2ccccc2C(F)(F)F)c1. The average Bonchev–Trinajstić information content (AvgIpc) is 3.14. The van der Waals surface area contributed by atoms with E-state index in [0.717, 1.165) is 25.7 Å². The maximum Gasteiger partial charge on any atom is 0.417 e. The van der Waals surface area contributed by atoms with Gasteiger partial charge >= 0.3 is 6.18 Å². The third kappa shape index (κ3) is 4.89. The van der Waals surface area contributed by atoms with Crippen LogP contribution in [0.1, 0.15) is 35.7 Å². The predicted octanol–water partition coefficient (Wildman–Crippen LogP) is 4.59. The molecule has 2 aromatic rings. The van der Waals surface area contributed by atoms with Gasteiger partial charge in [0.1, 0.15) is 0 Å². The number of carbonyl (C=O) groups excluding carboxylic acids is 1. The van der Waals surface area contributed by atoms with Gasteiger partial charge in [0.15, 0.2) is 0 Å². The van der Waals surface area contributed by atoms with Crippen molar-refractivity contribution in [2.24, 2.45) is 0 Å². The van der Waals surface area contributed by atoms with Crippen LogP contribution in [0.3, 0.4) is 0 Å². The van der Waals surface area contributed by atoms with Gasteiger partial charge in [0.25, 0.3) is 5.91 Å². The molecule has 144 valence electrons. The average molecular weight is 376 g/mol. The Kier molecular flexibility index (Phi) is 5.85. The topological polar surface area (TPSA) is 32.3 Å². The Morgan fingerprint density at radius 3 is 2.52 bits per heavy atom. The second kappa shape index (κ2) is 8.13. The van der Waals surface area contributed by atoms with Gasteiger partial charge in [-0.3, -0.25) is 4.79 Å². The Hall–Kier alpha value is -2.34. The summed E-state index contributed by atoms with van der Waals surface area (Å²) in [6.45, 7) is 4.81. The van der Waals surface area contributed by atoms with E-state index >= 15 is 0 Å². The Labute approximate surface area is 157 Å². The van der Waals surface area contributed by atoms with E-state index < -0.39 is 11.7 Å². The molecular weight excluding hydrogens is 353 g/mol. The van der Waals surface area contributed by atoms with Crippen LogP contribution in [0.15, 0.2) is 48.5 Å². The van der Waals surface area contributed by atoms with Crippen LogP contribution in [0.25, 0.3) is 11.1 Å². The van der Waals surface area contributed by atoms with E-state index in [1.165, 1.54) is 31.0 Å². The van der Waals surface area contributed by atoms with E-state index in [2.05, 4.69) is 10.2 Å². The third-order valence-electron chi connectivity index (χ3n) is 4.78. The summed E-state index contributed by atoms with van der Waals surface area (Å²) in [7, 11) is 0. The van der Waals surface area contributed by atoms with Gasteiger partial charge in [0.05, 0.1) is 5.56 Å². The van der Waals surface area contributed by atoms with E-state index in [4.69, 9.17) is 0 Å². The number of alkyl halides is 3. The molecule has 1 N–H and O–H groups in total. The molecule has 0 spiro atoms. The highest BCUT2D eigenvalue weighted by Crippen LogP contribution is 2.37. The summed E-state index contributed by atoms with van der Waals surface area (Å²) in [5.41, 5.74) is 0.107. The van der Waals surface area contributed by atoms with Crippen molar-refractivity contribution in [1.29, 1.82) is 0 Å². The molecule has 1 amide bonds. The van der Waals surface area contributed by atoms with Crippen LogP contribution < -0.4 is 5.32 Å². The number of benzene rings is 2. The molecule has 3 rings (SSSR count). The maximum absolute atomic E-state index is 13.3. The zero-order chi connectivity index (χ0) is 19.4. The number of amides is 1. The highest BCUT2D eigenvalue weighted by Gasteiger charge is 2.33. The number of nitrogens with one attached hydrogen (secondary N) is 1. The molecule has 1 fully saturated rings. The lowest BCUT2D eigenvalue weighted by Gasteiger charge is -2.21. The van der Waals surface area contributed by atoms with Crippen LogP contribution in [0, 0.1) is 0 Å². The van der Waals surface area contributed by atoms with Gasteiger partial charge < -0.3 is 10.2 Å². The van der Waals surface area contributed by atoms with E-state index in [1.54, 1.807) is 24.3 Å². The first-order chi connectivity index (χ1) is 12.8. The van der Waals surface area contributed by atoms with Crippen LogP contribution in [0.4, 0.5) is 13.2 Å². The summed E-state index contributed by atoms with van der Waals surface area (Å²) in [5.74, 6) is -0.270. The van der Waals surface area contributed by atoms with E-state index in [1.807, 2.05) is 6.92 Å². The second-order valence-corrected chi connectivity index (χ2v) is 7.01. The maximum atomic E-state index is 13.3. The van der Waals surface area contributed by atoms with Crippen LogP contribution in [0.2, 0.25) is 0 Å². The molecule has 1 aliphatic heterocycles. The minimum Gasteiger partial charge on any atom is -0.348 e. The van der Waals surface area contributed by atoms with Crippen molar-refractivity contribution in [3.8, 4) is 11.1 Å². The summed E-state index contributed by atoms with van der Waals surface area (Å²) >= 11 is 0. The Balaban J connectivity index is 1.77. The lowest BCUT2D eigenvalue weighted by molar-refractivity contribution is -0.137. The molecule has 27 heavy (non-hydrogen) atoms. The molecule has 6 heteroatoms. The normalized spacial score (nSPS) is 16.3. The lowest BCUT2D eigenvalue weighted by atomic mass is 9.97. The molecule has 1 aliphatic rings. The molecule has 0 aromatic heterocycles. The van der Waals surface area contributed by atoms with E-state index in [9.17, 15) is 18.0 Å². The first-order valence-electron chi connectivity index (χ1n) is 9.14. The first-order valence-corrected chi connectivity index (χ1v) is 9.14. The quantitative estimate of drug-likeness (QED) is 0.828. The summed E-state index contributed by atoms with van der Waals surface area (Å²) < 4.78 is 39.8. The first kappa shape index (κ1) is 19.4. The Morgan fingerprint density at radius 1 is 1.11 bits per heavy atom. The van der Waals surface area contributed by atoms with Gasteiger partial charge in [0.2, 0.25) is 0 Å². The van der Waals surface area contributed by atoms with Gasteiger partial charge in [-0.05, 0) is 62.2 Å². The lowest BCUT2D eigenvalue weighted by Crippen LogP contribution is -2.41. The van der Waals surface area contributed by atoms with Crippen LogP contribution >= 0.6 is 0 Å². The molecular formula is C21H23F3N2O. The van der Waals surface area contributed by atoms with Crippen LogP contribution in [-0.2, 0) is 6.18 Å². The molecule has 1 heterocycles. The van der Waals surface area contributed by atoms with Gasteiger partial charge in [-0.1, -0.05) is 30.3 Å². The van der Waals surface area contributed by atoms with Crippen LogP contribution in [0.5, 0.6) is 0 Å². The molecule has 0 radical (unpaired) electrons. The van der Waals surface area contributed by atoms with Crippen molar-refractivity contribution in [3.05, 3.63) is 59.7 Å². The molecule has 0 bridgehead atoms. The minimum atomic E-state index is -4.45. The minimum absolute atomic E-state index is 0.0262. The number of rotatable bonds is 5. The van der Waals surface area contributed by atoms with E-state index in [0.29, 0.717) is 11.1 Å². The largest absolute Gasteiger partial charge is 0.417 e. The fourth-order valence-corrected chi connectivity index (χ4v) is 3.52. The highest BCUT2D eigenvalue weighted by atomic mass is 19.4. The summed E-state index contributed by atoms with van der Waals surface area (Å²) in [5, 5.41) is 2.94. The number of hydrogen-bond donors (Lipinski definition) is 1. The monoisotopic (exact) mass is 376 g/mol. The summed E-state index contributed by atoms with van der Waals surface area (Å²) in [4.78, 5) is 14.8. The van der Waals surface area contributed by atoms with Gasteiger partial charge in [0, 0.05) is 18.2 Å². The zero-order valence-corrected chi connectivity index (χ0v) is 15.2. The van der Waals surface area contributed by atoms with Gasteiger partial charge in [-0.2, -0.15) is 13.2 Å². The Bertz CT molecular complexity index is 798. The number of hydrogen-bond acceptors (Lipinski definition) is 2. The van der Waals surface area contributed by atoms with Crippen LogP contribution in [-0.4, -0.2) is 36.5 Å². The van der Waals surface area contributed by atoms with Gasteiger partial charge in [-0.15, -0.1) is 0 Å². The van der Waals surface area contributed by atoms with Crippen molar-refractivity contribution in [1.82, 2.24) is 10.2 Å². The van der Waals surface area contributed by atoms with Gasteiger partial charge in [-0.25, -0.2) is 0 Å². The van der Waals surface area contributed by atoms with Crippen molar-refractivity contribution in [2.45, 2.75) is 32.0 Å². The number of likely N-dealkylation sites (tertiary alicyclic amines) is 1. The molecule has 1 saturated heterocycles. The zero-order valence-electron chi connectivity index (χ0n) is 15.2. The second-order valence-electron chi connectivity index (χ2n) is 7.01. The molecule has 1 atom stereocenters. The standard InChI is InChI=1S/C21H23F3N2O/c1-15(14-26-11-4-5-12-26)25-20(27)17-8-6-7-16(13-17)18-9-2-3-10-19(18)21(22,23)24/h2-3,6-10,13,15H,4-5,11-12,14H2,1H3,(H,25,27)/t15-/m1/s1.